The molecule has 0 saturated carbocycles. The van der Waals surface area contributed by atoms with Gasteiger partial charge in [-0.05, 0) is 42.0 Å². The number of nitrogens with one attached hydrogen (secondary N) is 1. The van der Waals surface area contributed by atoms with Gasteiger partial charge in [0.2, 0.25) is 0 Å². The number of fused-ring (bicyclic) bond motifs is 1. The smallest absolute Gasteiger partial charge is 0.355 e. The molecule has 0 bridgehead atoms. The van der Waals surface area contributed by atoms with Crippen molar-refractivity contribution in [3.63, 3.8) is 0 Å². The molecule has 3 aromatic carbocycles. The number of allylic oxidation sites excluding steroid dienone is 1. The molecule has 1 unspecified atom stereocenters. The van der Waals surface area contributed by atoms with E-state index in [4.69, 9.17) is 19.6 Å². The van der Waals surface area contributed by atoms with E-state index in [-0.39, 0.29) is 28.4 Å². The molecule has 1 aliphatic rings. The van der Waals surface area contributed by atoms with Crippen LogP contribution in [0.5, 0.6) is 0 Å². The number of nitrogens with zero attached hydrogens (tertiary/aromatic N) is 2. The Labute approximate surface area is 234 Å². The first kappa shape index (κ1) is 26.8. The molecular weight excluding hydrogens is 524 g/mol. The Hall–Kier alpha value is -5.82. The predicted octanol–water partition coefficient (Wildman–Crippen LogP) is 4.58. The number of carbonyl (C=O) groups is 3. The number of benzene rings is 3. The minimum atomic E-state index is -0.971. The molecule has 41 heavy (non-hydrogen) atoms. The second-order valence-electron chi connectivity index (χ2n) is 8.98. The third kappa shape index (κ3) is 4.88. The molecule has 5 rings (SSSR count). The van der Waals surface area contributed by atoms with Crippen LogP contribution in [-0.2, 0) is 19.1 Å². The molecule has 0 saturated heterocycles. The van der Waals surface area contributed by atoms with E-state index in [9.17, 15) is 19.6 Å². The molecule has 1 aromatic heterocycles. The van der Waals surface area contributed by atoms with Crippen LogP contribution in [0.25, 0.3) is 11.0 Å². The predicted molar refractivity (Wildman–Crippen MR) is 150 cm³/mol. The minimum Gasteiger partial charge on any atom is -0.466 e. The normalized spacial score (nSPS) is 15.0. The Morgan fingerprint density at radius 2 is 1.59 bits per heavy atom. The van der Waals surface area contributed by atoms with Crippen LogP contribution in [-0.4, -0.2) is 32.1 Å². The summed E-state index contributed by atoms with van der Waals surface area (Å²) in [4.78, 5) is 40.4. The van der Waals surface area contributed by atoms with Crippen LogP contribution in [0.1, 0.15) is 22.0 Å². The van der Waals surface area contributed by atoms with Crippen molar-refractivity contribution in [2.45, 2.75) is 5.92 Å². The number of ether oxygens (including phenoxy) is 2. The summed E-state index contributed by atoms with van der Waals surface area (Å²) in [5.74, 6) is -3.02. The zero-order valence-corrected chi connectivity index (χ0v) is 22.1. The second kappa shape index (κ2) is 11.1. The Morgan fingerprint density at radius 3 is 2.22 bits per heavy atom. The van der Waals surface area contributed by atoms with Gasteiger partial charge in [0.1, 0.15) is 17.1 Å². The van der Waals surface area contributed by atoms with E-state index in [1.807, 2.05) is 18.2 Å². The minimum absolute atomic E-state index is 0.0477. The summed E-state index contributed by atoms with van der Waals surface area (Å²) in [6, 6.07) is 26.1. The van der Waals surface area contributed by atoms with Crippen molar-refractivity contribution < 1.29 is 28.3 Å². The van der Waals surface area contributed by atoms with E-state index >= 15 is 0 Å². The van der Waals surface area contributed by atoms with Crippen molar-refractivity contribution in [1.82, 2.24) is 0 Å². The summed E-state index contributed by atoms with van der Waals surface area (Å²) < 4.78 is 15.7. The molecule has 204 valence electrons. The highest BCUT2D eigenvalue weighted by molar-refractivity contribution is 6.07. The fraction of sp³-hybridized carbons (Fsp3) is 0.0968. The van der Waals surface area contributed by atoms with E-state index in [1.54, 1.807) is 66.7 Å². The SMILES string of the molecule is COC(=O)C1=C(C(=O)OC)N(c2ccc(NC(=O)c3cc4ccccc4o3)cc2)C(N)=C(C#N)C1c1ccccc1. The highest BCUT2D eigenvalue weighted by Crippen LogP contribution is 2.43. The molecular formula is C31H24N4O6. The topological polar surface area (TPSA) is 148 Å². The van der Waals surface area contributed by atoms with Crippen LogP contribution in [0, 0.1) is 11.3 Å². The van der Waals surface area contributed by atoms with Crippen molar-refractivity contribution >= 4 is 40.2 Å². The van der Waals surface area contributed by atoms with Crippen LogP contribution >= 0.6 is 0 Å². The third-order valence-electron chi connectivity index (χ3n) is 6.64. The first-order valence-electron chi connectivity index (χ1n) is 12.4. The van der Waals surface area contributed by atoms with Gasteiger partial charge in [0, 0.05) is 16.8 Å². The fourth-order valence-corrected chi connectivity index (χ4v) is 4.76. The molecule has 0 aliphatic carbocycles. The Balaban J connectivity index is 1.56. The molecule has 10 nitrogen and oxygen atoms in total. The van der Waals surface area contributed by atoms with Crippen molar-refractivity contribution in [3.05, 3.63) is 119 Å². The first-order valence-corrected chi connectivity index (χ1v) is 12.4. The third-order valence-corrected chi connectivity index (χ3v) is 6.64. The molecule has 1 aliphatic heterocycles. The number of methoxy groups -OCH3 is 2. The lowest BCUT2D eigenvalue weighted by atomic mass is 9.81. The number of nitriles is 1. The quantitative estimate of drug-likeness (QED) is 0.330. The van der Waals surface area contributed by atoms with Gasteiger partial charge in [-0.3, -0.25) is 9.69 Å². The van der Waals surface area contributed by atoms with Gasteiger partial charge in [-0.25, -0.2) is 9.59 Å². The van der Waals surface area contributed by atoms with Gasteiger partial charge in [0.15, 0.2) is 5.76 Å². The van der Waals surface area contributed by atoms with Gasteiger partial charge >= 0.3 is 11.9 Å². The molecule has 3 N–H and O–H groups in total. The Kier molecular flexibility index (Phi) is 7.26. The molecule has 2 heterocycles. The lowest BCUT2D eigenvalue weighted by Gasteiger charge is -2.35. The molecule has 1 atom stereocenters. The number of anilines is 2. The Bertz CT molecular complexity index is 1730. The lowest BCUT2D eigenvalue weighted by molar-refractivity contribution is -0.139. The molecule has 10 heteroatoms. The van der Waals surface area contributed by atoms with Crippen molar-refractivity contribution in [2.75, 3.05) is 24.4 Å². The van der Waals surface area contributed by atoms with Crippen LogP contribution in [0.2, 0.25) is 0 Å². The average Bonchev–Trinajstić information content (AvgIpc) is 3.45. The van der Waals surface area contributed by atoms with Crippen molar-refractivity contribution in [2.24, 2.45) is 5.73 Å². The van der Waals surface area contributed by atoms with E-state index in [0.717, 1.165) is 5.39 Å². The molecule has 0 spiro atoms. The van der Waals surface area contributed by atoms with Gasteiger partial charge in [-0.2, -0.15) is 5.26 Å². The maximum absolute atomic E-state index is 13.2. The number of amides is 1. The summed E-state index contributed by atoms with van der Waals surface area (Å²) >= 11 is 0. The highest BCUT2D eigenvalue weighted by Gasteiger charge is 2.43. The number of para-hydroxylation sites is 1. The zero-order valence-electron chi connectivity index (χ0n) is 22.1. The number of nitrogens with two attached hydrogens (primary N) is 1. The summed E-state index contributed by atoms with van der Waals surface area (Å²) in [7, 11) is 2.36. The van der Waals surface area contributed by atoms with E-state index < -0.39 is 23.8 Å². The summed E-state index contributed by atoms with van der Waals surface area (Å²) in [5.41, 5.74) is 8.20. The van der Waals surface area contributed by atoms with Crippen LogP contribution < -0.4 is 16.0 Å². The first-order chi connectivity index (χ1) is 19.9. The van der Waals surface area contributed by atoms with E-state index in [0.29, 0.717) is 22.5 Å². The summed E-state index contributed by atoms with van der Waals surface area (Å²) in [5, 5.41) is 13.7. The lowest BCUT2D eigenvalue weighted by Crippen LogP contribution is -2.40. The van der Waals surface area contributed by atoms with Gasteiger partial charge in [0.25, 0.3) is 5.91 Å². The number of esters is 2. The number of hydrogen-bond acceptors (Lipinski definition) is 9. The number of carbonyl (C=O) groups excluding carboxylic acids is 3. The fourth-order valence-electron chi connectivity index (χ4n) is 4.76. The maximum Gasteiger partial charge on any atom is 0.355 e. The van der Waals surface area contributed by atoms with Gasteiger partial charge in [-0.15, -0.1) is 0 Å². The van der Waals surface area contributed by atoms with Crippen LogP contribution in [0.4, 0.5) is 11.4 Å². The van der Waals surface area contributed by atoms with Crippen LogP contribution in [0.15, 0.2) is 112 Å². The second-order valence-corrected chi connectivity index (χ2v) is 8.98. The molecule has 1 amide bonds. The zero-order chi connectivity index (χ0) is 29.1. The Morgan fingerprint density at radius 1 is 0.927 bits per heavy atom. The monoisotopic (exact) mass is 548 g/mol. The average molecular weight is 549 g/mol. The van der Waals surface area contributed by atoms with Gasteiger partial charge in [0.05, 0.1) is 37.4 Å². The number of rotatable bonds is 6. The van der Waals surface area contributed by atoms with Crippen molar-refractivity contribution in [3.8, 4) is 6.07 Å². The van der Waals surface area contributed by atoms with Gasteiger partial charge < -0.3 is 24.9 Å². The number of hydrogen-bond donors (Lipinski definition) is 2. The molecule has 4 aromatic rings. The van der Waals surface area contributed by atoms with Crippen LogP contribution in [0.3, 0.4) is 0 Å². The van der Waals surface area contributed by atoms with Gasteiger partial charge in [-0.1, -0.05) is 48.5 Å². The van der Waals surface area contributed by atoms with Crippen molar-refractivity contribution in [1.29, 1.82) is 5.26 Å². The molecule has 0 radical (unpaired) electrons. The largest absolute Gasteiger partial charge is 0.466 e. The summed E-state index contributed by atoms with van der Waals surface area (Å²) in [6.45, 7) is 0. The highest BCUT2D eigenvalue weighted by atomic mass is 16.5. The molecule has 0 fully saturated rings. The van der Waals surface area contributed by atoms with E-state index in [1.165, 1.54) is 19.1 Å². The summed E-state index contributed by atoms with van der Waals surface area (Å²) in [6.07, 6.45) is 0. The maximum atomic E-state index is 13.2. The van der Waals surface area contributed by atoms with E-state index in [2.05, 4.69) is 11.4 Å². The number of furan rings is 1. The standard InChI is InChI=1S/C31H24N4O6/c1-39-30(37)26-25(18-8-4-3-5-9-18)22(17-32)28(33)35(27(26)31(38)40-2)21-14-12-20(13-15-21)34-29(36)24-16-19-10-6-7-11-23(19)41-24/h3-16,25H,33H2,1-2H3,(H,34,36).